The third-order valence-corrected chi connectivity index (χ3v) is 5.39. The third-order valence-electron chi connectivity index (χ3n) is 3.34. The lowest BCUT2D eigenvalue weighted by Gasteiger charge is -2.09. The molecule has 6 nitrogen and oxygen atoms in total. The maximum Gasteiger partial charge on any atom is 0.277 e. The van der Waals surface area contributed by atoms with Crippen LogP contribution in [0.3, 0.4) is 0 Å². The molecule has 0 aliphatic rings. The van der Waals surface area contributed by atoms with Crippen molar-refractivity contribution in [3.05, 3.63) is 58.6 Å². The molecule has 1 N–H and O–H groups in total. The van der Waals surface area contributed by atoms with E-state index in [-0.39, 0.29) is 16.8 Å². The summed E-state index contributed by atoms with van der Waals surface area (Å²) >= 11 is 8.61. The molecule has 1 amide bonds. The molecule has 0 aliphatic carbocycles. The van der Waals surface area contributed by atoms with Crippen molar-refractivity contribution >= 4 is 45.9 Å². The number of ether oxygens (including phenoxy) is 1. The van der Waals surface area contributed by atoms with Crippen LogP contribution in [-0.2, 0) is 5.75 Å². The van der Waals surface area contributed by atoms with Gasteiger partial charge in [-0.1, -0.05) is 23.7 Å². The zero-order valence-electron chi connectivity index (χ0n) is 14.0. The molecule has 0 atom stereocenters. The van der Waals surface area contributed by atoms with Gasteiger partial charge in [0, 0.05) is 22.2 Å². The van der Waals surface area contributed by atoms with E-state index in [9.17, 15) is 4.79 Å². The molecule has 0 bridgehead atoms. The Balaban J connectivity index is 1.75. The molecule has 26 heavy (non-hydrogen) atoms. The Labute approximate surface area is 164 Å². The van der Waals surface area contributed by atoms with Gasteiger partial charge in [-0.25, -0.2) is 9.97 Å². The molecule has 0 radical (unpaired) electrons. The first kappa shape index (κ1) is 18.6. The van der Waals surface area contributed by atoms with E-state index in [1.54, 1.807) is 26.2 Å². The van der Waals surface area contributed by atoms with E-state index < -0.39 is 0 Å². The average molecular weight is 407 g/mol. The molecule has 0 saturated carbocycles. The molecule has 134 valence electrons. The van der Waals surface area contributed by atoms with Crippen LogP contribution in [0.2, 0.25) is 5.15 Å². The van der Waals surface area contributed by atoms with Crippen LogP contribution in [0.15, 0.2) is 41.3 Å². The second-order valence-corrected chi connectivity index (χ2v) is 7.37. The third kappa shape index (κ3) is 4.72. The largest absolute Gasteiger partial charge is 0.497 e. The van der Waals surface area contributed by atoms with E-state index in [0.29, 0.717) is 16.7 Å². The number of hydrogen-bond acceptors (Lipinski definition) is 7. The first-order chi connectivity index (χ1) is 12.5. The number of nitrogens with one attached hydrogen (secondary N) is 1. The number of hydrogen-bond donors (Lipinski definition) is 1. The number of aryl methyl sites for hydroxylation is 1. The number of rotatable bonds is 6. The number of methoxy groups -OCH3 is 1. The minimum Gasteiger partial charge on any atom is -0.497 e. The summed E-state index contributed by atoms with van der Waals surface area (Å²) in [7, 11) is 1.63. The standard InChI is InChI=1S/C17H15ClN4O2S2/c1-10-19-17(26-22-10)21-16(23)15-13(7-8-14(18)20-15)25-9-11-3-5-12(24-2)6-4-11/h3-8H,9H2,1-2H3,(H,19,21,22,23). The minimum absolute atomic E-state index is 0.261. The van der Waals surface area contributed by atoms with Crippen LogP contribution in [-0.4, -0.2) is 27.4 Å². The van der Waals surface area contributed by atoms with E-state index in [2.05, 4.69) is 19.7 Å². The number of nitrogens with zero attached hydrogens (tertiary/aromatic N) is 3. The number of aromatic nitrogens is 3. The molecular weight excluding hydrogens is 392 g/mol. The molecule has 0 spiro atoms. The lowest BCUT2D eigenvalue weighted by molar-refractivity contribution is 0.101. The van der Waals surface area contributed by atoms with Crippen molar-refractivity contribution in [2.24, 2.45) is 0 Å². The molecule has 1 aromatic carbocycles. The molecule has 3 rings (SSSR count). The quantitative estimate of drug-likeness (QED) is 0.481. The van der Waals surface area contributed by atoms with Crippen molar-refractivity contribution in [3.8, 4) is 5.75 Å². The summed E-state index contributed by atoms with van der Waals surface area (Å²) in [5.74, 6) is 1.74. The van der Waals surface area contributed by atoms with Gasteiger partial charge in [-0.3, -0.25) is 10.1 Å². The molecule has 2 aromatic heterocycles. The Morgan fingerprint density at radius 3 is 2.65 bits per heavy atom. The van der Waals surface area contributed by atoms with Crippen molar-refractivity contribution in [2.45, 2.75) is 17.6 Å². The highest BCUT2D eigenvalue weighted by Gasteiger charge is 2.16. The number of carbonyl (C=O) groups excluding carboxylic acids is 1. The molecular formula is C17H15ClN4O2S2. The molecule has 0 saturated heterocycles. The maximum atomic E-state index is 12.6. The summed E-state index contributed by atoms with van der Waals surface area (Å²) in [5, 5.41) is 3.41. The average Bonchev–Trinajstić information content (AvgIpc) is 3.05. The summed E-state index contributed by atoms with van der Waals surface area (Å²) in [6.07, 6.45) is 0. The van der Waals surface area contributed by atoms with Gasteiger partial charge in [-0.2, -0.15) is 4.37 Å². The van der Waals surface area contributed by atoms with E-state index in [4.69, 9.17) is 16.3 Å². The number of benzene rings is 1. The lowest BCUT2D eigenvalue weighted by Crippen LogP contribution is -2.15. The van der Waals surface area contributed by atoms with Crippen molar-refractivity contribution in [1.29, 1.82) is 0 Å². The molecule has 0 aliphatic heterocycles. The predicted octanol–water partition coefficient (Wildman–Crippen LogP) is 4.45. The first-order valence-electron chi connectivity index (χ1n) is 7.59. The summed E-state index contributed by atoms with van der Waals surface area (Å²) < 4.78 is 9.21. The molecule has 0 unspecified atom stereocenters. The predicted molar refractivity (Wildman–Crippen MR) is 104 cm³/mol. The van der Waals surface area contributed by atoms with Crippen LogP contribution in [0.5, 0.6) is 5.75 Å². The number of halogens is 1. The summed E-state index contributed by atoms with van der Waals surface area (Å²) in [6.45, 7) is 1.76. The van der Waals surface area contributed by atoms with Gasteiger partial charge in [0.05, 0.1) is 7.11 Å². The molecule has 0 fully saturated rings. The van der Waals surface area contributed by atoms with E-state index in [0.717, 1.165) is 27.7 Å². The van der Waals surface area contributed by atoms with Gasteiger partial charge in [0.25, 0.3) is 5.91 Å². The number of anilines is 1. The van der Waals surface area contributed by atoms with Crippen molar-refractivity contribution in [3.63, 3.8) is 0 Å². The Hall–Kier alpha value is -2.16. The Bertz CT molecular complexity index is 915. The monoisotopic (exact) mass is 406 g/mol. The number of amides is 1. The summed E-state index contributed by atoms with van der Waals surface area (Å²) in [4.78, 5) is 21.6. The van der Waals surface area contributed by atoms with Crippen molar-refractivity contribution in [2.75, 3.05) is 12.4 Å². The van der Waals surface area contributed by atoms with Crippen LogP contribution in [0.25, 0.3) is 0 Å². The number of carbonyl (C=O) groups is 1. The second kappa shape index (κ2) is 8.48. The molecule has 2 heterocycles. The number of pyridine rings is 1. The molecule has 9 heteroatoms. The fourth-order valence-electron chi connectivity index (χ4n) is 2.09. The highest BCUT2D eigenvalue weighted by atomic mass is 35.5. The lowest BCUT2D eigenvalue weighted by atomic mass is 10.2. The van der Waals surface area contributed by atoms with Crippen LogP contribution in [0, 0.1) is 6.92 Å². The first-order valence-corrected chi connectivity index (χ1v) is 9.73. The van der Waals surface area contributed by atoms with Gasteiger partial charge >= 0.3 is 0 Å². The number of thioether (sulfide) groups is 1. The fourth-order valence-corrected chi connectivity index (χ4v) is 3.76. The van der Waals surface area contributed by atoms with Crippen LogP contribution < -0.4 is 10.1 Å². The van der Waals surface area contributed by atoms with Crippen LogP contribution in [0.1, 0.15) is 21.9 Å². The molecule has 3 aromatic rings. The van der Waals surface area contributed by atoms with Gasteiger partial charge in [-0.15, -0.1) is 11.8 Å². The van der Waals surface area contributed by atoms with Crippen molar-refractivity contribution in [1.82, 2.24) is 14.3 Å². The normalized spacial score (nSPS) is 10.6. The van der Waals surface area contributed by atoms with Gasteiger partial charge in [0.15, 0.2) is 0 Å². The topological polar surface area (TPSA) is 77.0 Å². The zero-order chi connectivity index (χ0) is 18.5. The highest BCUT2D eigenvalue weighted by molar-refractivity contribution is 7.98. The van der Waals surface area contributed by atoms with Crippen LogP contribution >= 0.6 is 34.9 Å². The Morgan fingerprint density at radius 2 is 2.00 bits per heavy atom. The SMILES string of the molecule is COc1ccc(CSc2ccc(Cl)nc2C(=O)Nc2nc(C)ns2)cc1. The summed E-state index contributed by atoms with van der Waals surface area (Å²) in [5.41, 5.74) is 1.38. The smallest absolute Gasteiger partial charge is 0.277 e. The van der Waals surface area contributed by atoms with E-state index in [1.165, 1.54) is 11.8 Å². The zero-order valence-corrected chi connectivity index (χ0v) is 16.4. The summed E-state index contributed by atoms with van der Waals surface area (Å²) in [6, 6.07) is 11.2. The van der Waals surface area contributed by atoms with Gasteiger partial charge < -0.3 is 4.74 Å². The van der Waals surface area contributed by atoms with E-state index >= 15 is 0 Å². The van der Waals surface area contributed by atoms with Crippen molar-refractivity contribution < 1.29 is 9.53 Å². The van der Waals surface area contributed by atoms with Crippen LogP contribution in [0.4, 0.5) is 5.13 Å². The second-order valence-electron chi connectivity index (χ2n) is 5.22. The fraction of sp³-hybridized carbons (Fsp3) is 0.176. The van der Waals surface area contributed by atoms with E-state index in [1.807, 2.05) is 24.3 Å². The Morgan fingerprint density at radius 1 is 1.23 bits per heavy atom. The maximum absolute atomic E-state index is 12.6. The minimum atomic E-state index is -0.360. The Kier molecular flexibility index (Phi) is 6.08. The van der Waals surface area contributed by atoms with Gasteiger partial charge in [0.1, 0.15) is 22.4 Å². The van der Waals surface area contributed by atoms with Gasteiger partial charge in [-0.05, 0) is 36.8 Å². The van der Waals surface area contributed by atoms with Gasteiger partial charge in [0.2, 0.25) is 5.13 Å². The highest BCUT2D eigenvalue weighted by Crippen LogP contribution is 2.28.